The lowest BCUT2D eigenvalue weighted by molar-refractivity contribution is -0.131. The summed E-state index contributed by atoms with van der Waals surface area (Å²) in [5.74, 6) is 0.584. The summed E-state index contributed by atoms with van der Waals surface area (Å²) in [6.07, 6.45) is 0.446. The molecule has 0 bridgehead atoms. The van der Waals surface area contributed by atoms with E-state index in [1.54, 1.807) is 0 Å². The maximum atomic E-state index is 11.8. The predicted molar refractivity (Wildman–Crippen MR) is 89.3 cm³/mol. The Bertz CT molecular complexity index is 471. The SMILES string of the molecule is CC(C)(C)c1ccc(N2CCN(C(=O)CCCl)CC2)cc1. The highest BCUT2D eigenvalue weighted by Crippen LogP contribution is 2.25. The Kier molecular flexibility index (Phi) is 5.15. The first-order valence-electron chi connectivity index (χ1n) is 7.61. The van der Waals surface area contributed by atoms with Gasteiger partial charge in [-0.05, 0) is 23.1 Å². The number of anilines is 1. The zero-order valence-corrected chi connectivity index (χ0v) is 14.0. The molecule has 1 aliphatic rings. The molecule has 4 heteroatoms. The van der Waals surface area contributed by atoms with Crippen molar-refractivity contribution in [2.24, 2.45) is 0 Å². The van der Waals surface area contributed by atoms with Gasteiger partial charge in [0.1, 0.15) is 0 Å². The van der Waals surface area contributed by atoms with E-state index >= 15 is 0 Å². The molecule has 1 fully saturated rings. The Morgan fingerprint density at radius 1 is 1.10 bits per heavy atom. The fourth-order valence-corrected chi connectivity index (χ4v) is 2.79. The summed E-state index contributed by atoms with van der Waals surface area (Å²) >= 11 is 5.63. The Balaban J connectivity index is 1.95. The molecular formula is C17H25ClN2O. The molecule has 2 rings (SSSR count). The largest absolute Gasteiger partial charge is 0.368 e. The first-order valence-corrected chi connectivity index (χ1v) is 8.14. The number of amides is 1. The average Bonchev–Trinajstić information content (AvgIpc) is 2.47. The van der Waals surface area contributed by atoms with E-state index in [1.165, 1.54) is 11.3 Å². The van der Waals surface area contributed by atoms with Crippen LogP contribution < -0.4 is 4.90 Å². The highest BCUT2D eigenvalue weighted by atomic mass is 35.5. The minimum atomic E-state index is 0.174. The fraction of sp³-hybridized carbons (Fsp3) is 0.588. The third kappa shape index (κ3) is 4.13. The van der Waals surface area contributed by atoms with Gasteiger partial charge in [-0.3, -0.25) is 4.79 Å². The summed E-state index contributed by atoms with van der Waals surface area (Å²) < 4.78 is 0. The summed E-state index contributed by atoms with van der Waals surface area (Å²) in [6.45, 7) is 10.0. The lowest BCUT2D eigenvalue weighted by Gasteiger charge is -2.36. The monoisotopic (exact) mass is 308 g/mol. The van der Waals surface area contributed by atoms with E-state index < -0.39 is 0 Å². The van der Waals surface area contributed by atoms with Gasteiger partial charge in [-0.1, -0.05) is 32.9 Å². The number of nitrogens with zero attached hydrogens (tertiary/aromatic N) is 2. The molecule has 0 spiro atoms. The minimum absolute atomic E-state index is 0.174. The maximum absolute atomic E-state index is 11.8. The van der Waals surface area contributed by atoms with E-state index in [0.29, 0.717) is 12.3 Å². The summed E-state index contributed by atoms with van der Waals surface area (Å²) in [7, 11) is 0. The molecule has 3 nitrogen and oxygen atoms in total. The summed E-state index contributed by atoms with van der Waals surface area (Å²) in [5, 5.41) is 0. The zero-order valence-electron chi connectivity index (χ0n) is 13.2. The summed E-state index contributed by atoms with van der Waals surface area (Å²) in [5.41, 5.74) is 2.78. The van der Waals surface area contributed by atoms with Crippen molar-refractivity contribution in [3.63, 3.8) is 0 Å². The molecule has 1 aromatic rings. The van der Waals surface area contributed by atoms with E-state index in [4.69, 9.17) is 11.6 Å². The topological polar surface area (TPSA) is 23.6 Å². The number of carbonyl (C=O) groups excluding carboxylic acids is 1. The number of benzene rings is 1. The smallest absolute Gasteiger partial charge is 0.223 e. The molecule has 1 amide bonds. The van der Waals surface area contributed by atoms with Crippen LogP contribution >= 0.6 is 11.6 Å². The molecule has 21 heavy (non-hydrogen) atoms. The Labute approximate surface area is 132 Å². The van der Waals surface area contributed by atoms with Crippen molar-refractivity contribution in [3.05, 3.63) is 29.8 Å². The molecule has 1 aliphatic heterocycles. The van der Waals surface area contributed by atoms with Crippen molar-refractivity contribution in [2.45, 2.75) is 32.6 Å². The van der Waals surface area contributed by atoms with Crippen LogP contribution in [0.15, 0.2) is 24.3 Å². The van der Waals surface area contributed by atoms with Crippen molar-refractivity contribution in [1.29, 1.82) is 0 Å². The van der Waals surface area contributed by atoms with Gasteiger partial charge in [0, 0.05) is 44.2 Å². The Morgan fingerprint density at radius 2 is 1.67 bits per heavy atom. The molecule has 1 aromatic carbocycles. The molecule has 0 radical (unpaired) electrons. The number of rotatable bonds is 3. The van der Waals surface area contributed by atoms with E-state index in [-0.39, 0.29) is 11.3 Å². The van der Waals surface area contributed by atoms with Crippen LogP contribution in [0.25, 0.3) is 0 Å². The maximum Gasteiger partial charge on any atom is 0.223 e. The van der Waals surface area contributed by atoms with Crippen molar-refractivity contribution < 1.29 is 4.79 Å². The van der Waals surface area contributed by atoms with E-state index in [2.05, 4.69) is 49.9 Å². The molecule has 0 unspecified atom stereocenters. The average molecular weight is 309 g/mol. The first-order chi connectivity index (χ1) is 9.91. The molecule has 0 atom stereocenters. The minimum Gasteiger partial charge on any atom is -0.368 e. The lowest BCUT2D eigenvalue weighted by Crippen LogP contribution is -2.48. The van der Waals surface area contributed by atoms with E-state index in [1.807, 2.05) is 4.90 Å². The second-order valence-corrected chi connectivity index (χ2v) is 6.98. The van der Waals surface area contributed by atoms with Crippen LogP contribution in [-0.4, -0.2) is 42.9 Å². The fourth-order valence-electron chi connectivity index (χ4n) is 2.63. The van der Waals surface area contributed by atoms with Gasteiger partial charge in [-0.2, -0.15) is 0 Å². The highest BCUT2D eigenvalue weighted by Gasteiger charge is 2.21. The predicted octanol–water partition coefficient (Wildman–Crippen LogP) is 3.26. The van der Waals surface area contributed by atoms with Crippen molar-refractivity contribution >= 4 is 23.2 Å². The van der Waals surface area contributed by atoms with Crippen LogP contribution in [0, 0.1) is 0 Å². The second kappa shape index (κ2) is 6.69. The standard InChI is InChI=1S/C17H25ClN2O/c1-17(2,3)14-4-6-15(7-5-14)19-10-12-20(13-11-19)16(21)8-9-18/h4-7H,8-13H2,1-3H3. The molecule has 0 saturated carbocycles. The highest BCUT2D eigenvalue weighted by molar-refractivity contribution is 6.18. The van der Waals surface area contributed by atoms with Crippen LogP contribution in [0.3, 0.4) is 0 Å². The van der Waals surface area contributed by atoms with Gasteiger partial charge in [-0.25, -0.2) is 0 Å². The summed E-state index contributed by atoms with van der Waals surface area (Å²) in [4.78, 5) is 16.1. The van der Waals surface area contributed by atoms with Crippen LogP contribution in [0.4, 0.5) is 5.69 Å². The van der Waals surface area contributed by atoms with Gasteiger partial charge < -0.3 is 9.80 Å². The Hall–Kier alpha value is -1.22. The molecule has 0 aliphatic carbocycles. The molecule has 116 valence electrons. The number of alkyl halides is 1. The van der Waals surface area contributed by atoms with Crippen LogP contribution in [-0.2, 0) is 10.2 Å². The normalized spacial score (nSPS) is 16.2. The zero-order chi connectivity index (χ0) is 15.5. The van der Waals surface area contributed by atoms with Gasteiger partial charge in [0.2, 0.25) is 5.91 Å². The molecule has 0 aromatic heterocycles. The number of halogens is 1. The molecule has 1 saturated heterocycles. The Morgan fingerprint density at radius 3 is 2.14 bits per heavy atom. The third-order valence-electron chi connectivity index (χ3n) is 4.04. The van der Waals surface area contributed by atoms with Crippen LogP contribution in [0.2, 0.25) is 0 Å². The van der Waals surface area contributed by atoms with Crippen molar-refractivity contribution in [2.75, 3.05) is 37.0 Å². The van der Waals surface area contributed by atoms with Crippen LogP contribution in [0.1, 0.15) is 32.8 Å². The number of piperazine rings is 1. The molecule has 1 heterocycles. The quantitative estimate of drug-likeness (QED) is 0.800. The molecule has 0 N–H and O–H groups in total. The van der Waals surface area contributed by atoms with Crippen molar-refractivity contribution in [3.8, 4) is 0 Å². The van der Waals surface area contributed by atoms with E-state index in [9.17, 15) is 4.79 Å². The second-order valence-electron chi connectivity index (χ2n) is 6.60. The first kappa shape index (κ1) is 16.2. The summed E-state index contributed by atoms with van der Waals surface area (Å²) in [6, 6.07) is 8.80. The van der Waals surface area contributed by atoms with Gasteiger partial charge in [0.15, 0.2) is 0 Å². The number of hydrogen-bond donors (Lipinski definition) is 0. The van der Waals surface area contributed by atoms with Crippen molar-refractivity contribution in [1.82, 2.24) is 4.90 Å². The van der Waals surface area contributed by atoms with Gasteiger partial charge in [-0.15, -0.1) is 11.6 Å². The van der Waals surface area contributed by atoms with Gasteiger partial charge >= 0.3 is 0 Å². The molecular weight excluding hydrogens is 284 g/mol. The third-order valence-corrected chi connectivity index (χ3v) is 4.23. The van der Waals surface area contributed by atoms with Gasteiger partial charge in [0.25, 0.3) is 0 Å². The van der Waals surface area contributed by atoms with E-state index in [0.717, 1.165) is 26.2 Å². The number of carbonyl (C=O) groups is 1. The lowest BCUT2D eigenvalue weighted by atomic mass is 9.87. The number of hydrogen-bond acceptors (Lipinski definition) is 2. The van der Waals surface area contributed by atoms with Crippen LogP contribution in [0.5, 0.6) is 0 Å². The van der Waals surface area contributed by atoms with Gasteiger partial charge in [0.05, 0.1) is 0 Å².